The molecule has 5 nitrogen and oxygen atoms in total. The van der Waals surface area contributed by atoms with Gasteiger partial charge in [0.1, 0.15) is 4.21 Å². The van der Waals surface area contributed by atoms with E-state index in [0.717, 1.165) is 16.9 Å². The number of thiophene rings is 1. The molecule has 0 saturated heterocycles. The number of hydrogen-bond donors (Lipinski definition) is 0. The van der Waals surface area contributed by atoms with Crippen LogP contribution >= 0.6 is 11.3 Å². The minimum atomic E-state index is -3.41. The number of sulfone groups is 1. The second kappa shape index (κ2) is 6.92. The highest BCUT2D eigenvalue weighted by Crippen LogP contribution is 2.31. The summed E-state index contributed by atoms with van der Waals surface area (Å²) >= 11 is 1.16. The van der Waals surface area contributed by atoms with Crippen LogP contribution in [0.5, 0.6) is 0 Å². The Kier molecular flexibility index (Phi) is 4.88. The Morgan fingerprint density at radius 1 is 1.08 bits per heavy atom. The van der Waals surface area contributed by atoms with Crippen LogP contribution in [0.1, 0.15) is 5.56 Å². The monoisotopic (exact) mass is 378 g/mol. The average molecular weight is 379 g/mol. The summed E-state index contributed by atoms with van der Waals surface area (Å²) in [6, 6.07) is 14.0. The summed E-state index contributed by atoms with van der Waals surface area (Å²) in [5.41, 5.74) is 1.32. The standard InChI is InChI=1S/C16H14N2O3S3/c1-23(19)16-17-10-9-13(18-16)14-7-8-15(22-14)24(20,21)11-12-5-3-2-4-6-12/h2-10H,11H2,1H3. The Balaban J connectivity index is 1.90. The lowest BCUT2D eigenvalue weighted by Gasteiger charge is -2.02. The zero-order valence-electron chi connectivity index (χ0n) is 12.7. The molecule has 2 heterocycles. The van der Waals surface area contributed by atoms with Crippen molar-refractivity contribution < 1.29 is 12.6 Å². The van der Waals surface area contributed by atoms with E-state index in [1.165, 1.54) is 12.5 Å². The molecule has 0 amide bonds. The van der Waals surface area contributed by atoms with Gasteiger partial charge < -0.3 is 0 Å². The van der Waals surface area contributed by atoms with Gasteiger partial charge in [0.15, 0.2) is 9.84 Å². The molecule has 24 heavy (non-hydrogen) atoms. The average Bonchev–Trinajstić information content (AvgIpc) is 3.06. The predicted octanol–water partition coefficient (Wildman–Crippen LogP) is 2.92. The van der Waals surface area contributed by atoms with Crippen LogP contribution in [0.2, 0.25) is 0 Å². The quantitative estimate of drug-likeness (QED) is 0.638. The molecule has 0 bridgehead atoms. The zero-order chi connectivity index (χ0) is 17.2. The van der Waals surface area contributed by atoms with Gasteiger partial charge in [-0.2, -0.15) is 0 Å². The zero-order valence-corrected chi connectivity index (χ0v) is 15.2. The van der Waals surface area contributed by atoms with Crippen LogP contribution < -0.4 is 0 Å². The van der Waals surface area contributed by atoms with Crippen LogP contribution in [-0.2, 0) is 26.4 Å². The van der Waals surface area contributed by atoms with Crippen molar-refractivity contribution in [2.24, 2.45) is 0 Å². The fourth-order valence-corrected chi connectivity index (χ4v) is 5.25. The van der Waals surface area contributed by atoms with Crippen LogP contribution in [-0.4, -0.2) is 28.9 Å². The van der Waals surface area contributed by atoms with Gasteiger partial charge in [-0.3, -0.25) is 4.21 Å². The van der Waals surface area contributed by atoms with E-state index in [9.17, 15) is 12.6 Å². The Morgan fingerprint density at radius 2 is 1.83 bits per heavy atom. The van der Waals surface area contributed by atoms with Crippen LogP contribution in [0.25, 0.3) is 10.6 Å². The molecule has 0 radical (unpaired) electrons. The van der Waals surface area contributed by atoms with Gasteiger partial charge >= 0.3 is 0 Å². The molecule has 0 saturated carbocycles. The van der Waals surface area contributed by atoms with E-state index >= 15 is 0 Å². The van der Waals surface area contributed by atoms with E-state index < -0.39 is 20.6 Å². The molecule has 124 valence electrons. The van der Waals surface area contributed by atoms with E-state index in [1.807, 2.05) is 18.2 Å². The second-order valence-corrected chi connectivity index (χ2v) is 9.62. The molecule has 8 heteroatoms. The molecule has 3 rings (SSSR count). The topological polar surface area (TPSA) is 77.0 Å². The first-order valence-electron chi connectivity index (χ1n) is 6.99. The molecule has 3 aromatic rings. The highest BCUT2D eigenvalue weighted by atomic mass is 32.2. The maximum Gasteiger partial charge on any atom is 0.218 e. The third kappa shape index (κ3) is 3.77. The highest BCUT2D eigenvalue weighted by molar-refractivity contribution is 7.92. The van der Waals surface area contributed by atoms with E-state index in [1.54, 1.807) is 30.3 Å². The summed E-state index contributed by atoms with van der Waals surface area (Å²) in [7, 11) is -4.70. The van der Waals surface area contributed by atoms with Crippen molar-refractivity contribution in [3.63, 3.8) is 0 Å². The first kappa shape index (κ1) is 16.9. The molecule has 1 aromatic carbocycles. The lowest BCUT2D eigenvalue weighted by molar-refractivity contribution is 0.597. The lowest BCUT2D eigenvalue weighted by Crippen LogP contribution is -2.02. The minimum absolute atomic E-state index is 0.0399. The van der Waals surface area contributed by atoms with E-state index in [-0.39, 0.29) is 10.9 Å². The van der Waals surface area contributed by atoms with Crippen LogP contribution in [0.4, 0.5) is 0 Å². The molecule has 1 unspecified atom stereocenters. The Bertz CT molecular complexity index is 983. The van der Waals surface area contributed by atoms with Gasteiger partial charge in [0, 0.05) is 12.5 Å². The van der Waals surface area contributed by atoms with Gasteiger partial charge in [-0.25, -0.2) is 18.4 Å². The molecule has 0 aliphatic rings. The number of aromatic nitrogens is 2. The summed E-state index contributed by atoms with van der Waals surface area (Å²) < 4.78 is 36.9. The van der Waals surface area contributed by atoms with Crippen molar-refractivity contribution in [3.05, 3.63) is 60.3 Å². The summed E-state index contributed by atoms with van der Waals surface area (Å²) in [6.07, 6.45) is 3.03. The van der Waals surface area contributed by atoms with Crippen molar-refractivity contribution in [1.82, 2.24) is 9.97 Å². The molecule has 0 aliphatic carbocycles. The maximum absolute atomic E-state index is 12.6. The largest absolute Gasteiger partial charge is 0.251 e. The van der Waals surface area contributed by atoms with Gasteiger partial charge in [-0.1, -0.05) is 30.3 Å². The summed E-state index contributed by atoms with van der Waals surface area (Å²) in [4.78, 5) is 8.88. The smallest absolute Gasteiger partial charge is 0.218 e. The Morgan fingerprint density at radius 3 is 2.54 bits per heavy atom. The second-order valence-electron chi connectivity index (χ2n) is 5.04. The van der Waals surface area contributed by atoms with E-state index in [2.05, 4.69) is 9.97 Å². The predicted molar refractivity (Wildman–Crippen MR) is 95.0 cm³/mol. The van der Waals surface area contributed by atoms with E-state index in [0.29, 0.717) is 14.8 Å². The maximum atomic E-state index is 12.6. The SMILES string of the molecule is CS(=O)c1nccc(-c2ccc(S(=O)(=O)Cc3ccccc3)s2)n1. The highest BCUT2D eigenvalue weighted by Gasteiger charge is 2.19. The summed E-state index contributed by atoms with van der Waals surface area (Å²) in [6.45, 7) is 0. The number of hydrogen-bond acceptors (Lipinski definition) is 6. The van der Waals surface area contributed by atoms with Gasteiger partial charge in [0.2, 0.25) is 5.16 Å². The third-order valence-corrected chi connectivity index (χ3v) is 7.32. The van der Waals surface area contributed by atoms with Gasteiger partial charge in [0.05, 0.1) is 27.1 Å². The van der Waals surface area contributed by atoms with Gasteiger partial charge in [0.25, 0.3) is 0 Å². The third-order valence-electron chi connectivity index (χ3n) is 3.23. The molecular formula is C16H14N2O3S3. The number of rotatable bonds is 5. The fraction of sp³-hybridized carbons (Fsp3) is 0.125. The summed E-state index contributed by atoms with van der Waals surface area (Å²) in [5, 5.41) is 0.231. The van der Waals surface area contributed by atoms with E-state index in [4.69, 9.17) is 0 Å². The number of nitrogens with zero attached hydrogens (tertiary/aromatic N) is 2. The van der Waals surface area contributed by atoms with Crippen LogP contribution in [0, 0.1) is 0 Å². The molecule has 0 fully saturated rings. The van der Waals surface area contributed by atoms with Crippen molar-refractivity contribution in [1.29, 1.82) is 0 Å². The molecular weight excluding hydrogens is 364 g/mol. The van der Waals surface area contributed by atoms with Crippen molar-refractivity contribution >= 4 is 32.0 Å². The van der Waals surface area contributed by atoms with Gasteiger partial charge in [-0.05, 0) is 23.8 Å². The first-order chi connectivity index (χ1) is 11.5. The van der Waals surface area contributed by atoms with Gasteiger partial charge in [-0.15, -0.1) is 11.3 Å². The molecule has 0 N–H and O–H groups in total. The van der Waals surface area contributed by atoms with Crippen LogP contribution in [0.15, 0.2) is 64.1 Å². The Hall–Kier alpha value is -1.90. The lowest BCUT2D eigenvalue weighted by atomic mass is 10.2. The van der Waals surface area contributed by atoms with Crippen molar-refractivity contribution in [2.75, 3.05) is 6.26 Å². The molecule has 0 spiro atoms. The molecule has 0 aliphatic heterocycles. The Labute approximate surface area is 146 Å². The van der Waals surface area contributed by atoms with Crippen molar-refractivity contribution in [2.45, 2.75) is 15.1 Å². The normalized spacial score (nSPS) is 12.9. The molecule has 1 atom stereocenters. The minimum Gasteiger partial charge on any atom is -0.251 e. The van der Waals surface area contributed by atoms with Crippen molar-refractivity contribution in [3.8, 4) is 10.6 Å². The van der Waals surface area contributed by atoms with Crippen LogP contribution in [0.3, 0.4) is 0 Å². The number of benzene rings is 1. The molecule has 2 aromatic heterocycles. The summed E-state index contributed by atoms with van der Waals surface area (Å²) in [5.74, 6) is -0.0399. The first-order valence-corrected chi connectivity index (χ1v) is 11.0. The fourth-order valence-electron chi connectivity index (χ4n) is 2.11.